The van der Waals surface area contributed by atoms with Gasteiger partial charge in [-0.3, -0.25) is 10.1 Å². The minimum absolute atomic E-state index is 0.143. The molecule has 0 aliphatic carbocycles. The smallest absolute Gasteiger partial charge is 0.269 e. The molecule has 4 nitrogen and oxygen atoms in total. The van der Waals surface area contributed by atoms with Crippen molar-refractivity contribution in [2.75, 3.05) is 0 Å². The summed E-state index contributed by atoms with van der Waals surface area (Å²) in [5, 5.41) is 13.9. The van der Waals surface area contributed by atoms with Crippen molar-refractivity contribution < 1.29 is 4.92 Å². The highest BCUT2D eigenvalue weighted by molar-refractivity contribution is 5.32. The Morgan fingerprint density at radius 1 is 1.24 bits per heavy atom. The Balaban J connectivity index is 2.44. The lowest BCUT2D eigenvalue weighted by Crippen LogP contribution is -2.26. The van der Waals surface area contributed by atoms with E-state index in [4.69, 9.17) is 0 Å². The van der Waals surface area contributed by atoms with Crippen LogP contribution in [0.15, 0.2) is 24.3 Å². The Hall–Kier alpha value is -1.42. The van der Waals surface area contributed by atoms with Gasteiger partial charge in [0.05, 0.1) is 4.92 Å². The van der Waals surface area contributed by atoms with Crippen molar-refractivity contribution in [1.82, 2.24) is 5.32 Å². The molecule has 0 spiro atoms. The van der Waals surface area contributed by atoms with Crippen LogP contribution in [-0.4, -0.2) is 11.0 Å². The predicted molar refractivity (Wildman–Crippen MR) is 68.9 cm³/mol. The molecule has 1 N–H and O–H groups in total. The van der Waals surface area contributed by atoms with E-state index in [1.165, 1.54) is 0 Å². The zero-order valence-corrected chi connectivity index (χ0v) is 10.6. The number of hydrogen-bond donors (Lipinski definition) is 1. The van der Waals surface area contributed by atoms with Gasteiger partial charge in [0.1, 0.15) is 0 Å². The van der Waals surface area contributed by atoms with E-state index < -0.39 is 0 Å². The van der Waals surface area contributed by atoms with Crippen LogP contribution in [0.5, 0.6) is 0 Å². The summed E-state index contributed by atoms with van der Waals surface area (Å²) in [6.07, 6.45) is 1.13. The second-order valence-corrected chi connectivity index (χ2v) is 4.84. The quantitative estimate of drug-likeness (QED) is 0.610. The highest BCUT2D eigenvalue weighted by Gasteiger charge is 2.06. The van der Waals surface area contributed by atoms with E-state index >= 15 is 0 Å². The highest BCUT2D eigenvalue weighted by atomic mass is 16.6. The van der Waals surface area contributed by atoms with Crippen molar-refractivity contribution in [3.63, 3.8) is 0 Å². The van der Waals surface area contributed by atoms with Crippen LogP contribution in [0.3, 0.4) is 0 Å². The second kappa shape index (κ2) is 6.35. The molecular weight excluding hydrogens is 216 g/mol. The van der Waals surface area contributed by atoms with Crippen LogP contribution >= 0.6 is 0 Å². The number of rotatable bonds is 6. The van der Waals surface area contributed by atoms with Gasteiger partial charge < -0.3 is 5.32 Å². The topological polar surface area (TPSA) is 55.2 Å². The van der Waals surface area contributed by atoms with Crippen LogP contribution in [0.2, 0.25) is 0 Å². The zero-order chi connectivity index (χ0) is 12.8. The molecule has 0 fully saturated rings. The summed E-state index contributed by atoms with van der Waals surface area (Å²) in [6, 6.07) is 7.15. The Bertz CT molecular complexity index is 360. The molecule has 0 radical (unpaired) electrons. The van der Waals surface area contributed by atoms with Crippen molar-refractivity contribution in [1.29, 1.82) is 0 Å². The van der Waals surface area contributed by atoms with Gasteiger partial charge in [-0.05, 0) is 24.8 Å². The number of nitrogens with zero attached hydrogens (tertiary/aromatic N) is 1. The largest absolute Gasteiger partial charge is 0.310 e. The zero-order valence-electron chi connectivity index (χ0n) is 10.6. The monoisotopic (exact) mass is 236 g/mol. The van der Waals surface area contributed by atoms with E-state index in [0.29, 0.717) is 12.0 Å². The Kier molecular flexibility index (Phi) is 5.10. The van der Waals surface area contributed by atoms with Crippen LogP contribution < -0.4 is 5.32 Å². The molecule has 1 rings (SSSR count). The number of non-ortho nitro benzene ring substituents is 1. The molecule has 0 saturated heterocycles. The number of nitro benzene ring substituents is 1. The fourth-order valence-electron chi connectivity index (χ4n) is 1.82. The number of hydrogen-bond acceptors (Lipinski definition) is 3. The summed E-state index contributed by atoms with van der Waals surface area (Å²) in [5.74, 6) is 0.675. The molecule has 1 atom stereocenters. The predicted octanol–water partition coefficient (Wildman–Crippen LogP) is 3.12. The van der Waals surface area contributed by atoms with Gasteiger partial charge >= 0.3 is 0 Å². The molecule has 0 aromatic heterocycles. The molecule has 0 aliphatic rings. The number of benzene rings is 1. The van der Waals surface area contributed by atoms with Gasteiger partial charge in [0.15, 0.2) is 0 Å². The van der Waals surface area contributed by atoms with Crippen molar-refractivity contribution in [2.45, 2.75) is 39.8 Å². The summed E-state index contributed by atoms with van der Waals surface area (Å²) in [7, 11) is 0. The molecule has 0 heterocycles. The lowest BCUT2D eigenvalue weighted by molar-refractivity contribution is -0.384. The number of nitro groups is 1. The molecule has 17 heavy (non-hydrogen) atoms. The Morgan fingerprint density at radius 3 is 2.29 bits per heavy atom. The minimum Gasteiger partial charge on any atom is -0.310 e. The molecule has 1 aromatic carbocycles. The normalized spacial score (nSPS) is 12.7. The van der Waals surface area contributed by atoms with Crippen molar-refractivity contribution in [3.8, 4) is 0 Å². The van der Waals surface area contributed by atoms with Crippen LogP contribution in [0.4, 0.5) is 5.69 Å². The van der Waals surface area contributed by atoms with E-state index in [-0.39, 0.29) is 10.6 Å². The van der Waals surface area contributed by atoms with Gasteiger partial charge in [0.2, 0.25) is 0 Å². The first-order valence-corrected chi connectivity index (χ1v) is 5.95. The third-order valence-electron chi connectivity index (χ3n) is 2.63. The SMILES string of the molecule is CC(C)CC(C)NCc1ccc([N+](=O)[O-])cc1. The first-order valence-electron chi connectivity index (χ1n) is 5.95. The van der Waals surface area contributed by atoms with Crippen LogP contribution in [0.1, 0.15) is 32.8 Å². The molecule has 1 aromatic rings. The van der Waals surface area contributed by atoms with E-state index in [1.807, 2.05) is 0 Å². The van der Waals surface area contributed by atoms with Crippen LogP contribution in [-0.2, 0) is 6.54 Å². The Labute approximate surface area is 102 Å². The lowest BCUT2D eigenvalue weighted by Gasteiger charge is -2.15. The van der Waals surface area contributed by atoms with Gasteiger partial charge in [-0.25, -0.2) is 0 Å². The molecule has 0 amide bonds. The third kappa shape index (κ3) is 4.95. The van der Waals surface area contributed by atoms with E-state index in [9.17, 15) is 10.1 Å². The van der Waals surface area contributed by atoms with Crippen LogP contribution in [0, 0.1) is 16.0 Å². The molecular formula is C13H20N2O2. The molecule has 0 aliphatic heterocycles. The van der Waals surface area contributed by atoms with Crippen molar-refractivity contribution in [2.24, 2.45) is 5.92 Å². The third-order valence-corrected chi connectivity index (χ3v) is 2.63. The minimum atomic E-state index is -0.376. The van der Waals surface area contributed by atoms with Crippen molar-refractivity contribution in [3.05, 3.63) is 39.9 Å². The molecule has 94 valence electrons. The first-order chi connectivity index (χ1) is 7.99. The second-order valence-electron chi connectivity index (χ2n) is 4.84. The van der Waals surface area contributed by atoms with E-state index in [1.54, 1.807) is 24.3 Å². The summed E-state index contributed by atoms with van der Waals surface area (Å²) in [6.45, 7) is 7.31. The van der Waals surface area contributed by atoms with E-state index in [2.05, 4.69) is 26.1 Å². The molecule has 0 saturated carbocycles. The fourth-order valence-corrected chi connectivity index (χ4v) is 1.82. The number of nitrogens with one attached hydrogen (secondary N) is 1. The van der Waals surface area contributed by atoms with Gasteiger partial charge in [-0.15, -0.1) is 0 Å². The summed E-state index contributed by atoms with van der Waals surface area (Å²) >= 11 is 0. The van der Waals surface area contributed by atoms with Crippen molar-refractivity contribution >= 4 is 5.69 Å². The average molecular weight is 236 g/mol. The summed E-state index contributed by atoms with van der Waals surface area (Å²) < 4.78 is 0. The molecule has 1 unspecified atom stereocenters. The van der Waals surface area contributed by atoms with Gasteiger partial charge in [-0.1, -0.05) is 26.0 Å². The van der Waals surface area contributed by atoms with Gasteiger partial charge in [0, 0.05) is 24.7 Å². The maximum Gasteiger partial charge on any atom is 0.269 e. The standard InChI is InChI=1S/C13H20N2O2/c1-10(2)8-11(3)14-9-12-4-6-13(7-5-12)15(16)17/h4-7,10-11,14H,8-9H2,1-3H3. The summed E-state index contributed by atoms with van der Waals surface area (Å²) in [4.78, 5) is 10.1. The summed E-state index contributed by atoms with van der Waals surface area (Å²) in [5.41, 5.74) is 1.22. The lowest BCUT2D eigenvalue weighted by atomic mass is 10.1. The highest BCUT2D eigenvalue weighted by Crippen LogP contribution is 2.12. The van der Waals surface area contributed by atoms with Gasteiger partial charge in [-0.2, -0.15) is 0 Å². The molecule has 0 bridgehead atoms. The maximum atomic E-state index is 10.5. The first kappa shape index (κ1) is 13.6. The Morgan fingerprint density at radius 2 is 1.82 bits per heavy atom. The maximum absolute atomic E-state index is 10.5. The average Bonchev–Trinajstić information content (AvgIpc) is 2.26. The van der Waals surface area contributed by atoms with E-state index in [0.717, 1.165) is 18.5 Å². The fraction of sp³-hybridized carbons (Fsp3) is 0.538. The molecule has 4 heteroatoms. The van der Waals surface area contributed by atoms with Crippen LogP contribution in [0.25, 0.3) is 0 Å². The van der Waals surface area contributed by atoms with Gasteiger partial charge in [0.25, 0.3) is 5.69 Å².